The molecule has 3 rings (SSSR count). The van der Waals surface area contributed by atoms with Crippen LogP contribution in [-0.4, -0.2) is 15.2 Å². The third-order valence-corrected chi connectivity index (χ3v) is 4.95. The van der Waals surface area contributed by atoms with Crippen molar-refractivity contribution in [3.05, 3.63) is 50.6 Å². The van der Waals surface area contributed by atoms with E-state index in [1.807, 2.05) is 24.3 Å². The van der Waals surface area contributed by atoms with E-state index >= 15 is 0 Å². The highest BCUT2D eigenvalue weighted by Gasteiger charge is 2.13. The van der Waals surface area contributed by atoms with Crippen molar-refractivity contribution in [2.24, 2.45) is 0 Å². The number of benzene rings is 2. The lowest BCUT2D eigenvalue weighted by atomic mass is 10.1. The first-order valence-electron chi connectivity index (χ1n) is 7.70. The van der Waals surface area contributed by atoms with E-state index in [1.165, 1.54) is 0 Å². The zero-order chi connectivity index (χ0) is 17.1. The van der Waals surface area contributed by atoms with Gasteiger partial charge >= 0.3 is 0 Å². The number of unbranched alkanes of at least 4 members (excludes halogenated alkanes) is 1. The van der Waals surface area contributed by atoms with Gasteiger partial charge in [0.25, 0.3) is 5.89 Å². The zero-order valence-electron chi connectivity index (χ0n) is 13.1. The molecule has 6 heteroatoms. The molecular weight excluding hydrogens is 439 g/mol. The van der Waals surface area contributed by atoms with Gasteiger partial charge in [-0.2, -0.15) is 4.98 Å². The Labute approximate surface area is 159 Å². The molecular formula is C18H16ClIN2O2. The summed E-state index contributed by atoms with van der Waals surface area (Å²) in [5.41, 5.74) is 2.72. The van der Waals surface area contributed by atoms with Gasteiger partial charge in [-0.05, 0) is 71.3 Å². The van der Waals surface area contributed by atoms with E-state index in [4.69, 9.17) is 16.1 Å². The normalized spacial score (nSPS) is 11.0. The minimum absolute atomic E-state index is 0.234. The fraction of sp³-hybridized carbons (Fsp3) is 0.222. The molecule has 0 saturated carbocycles. The summed E-state index contributed by atoms with van der Waals surface area (Å²) in [6.07, 6.45) is 3.22. The third kappa shape index (κ3) is 3.72. The highest BCUT2D eigenvalue weighted by molar-refractivity contribution is 14.1. The Kier molecular flexibility index (Phi) is 5.40. The number of aromatic hydroxyl groups is 1. The molecule has 0 atom stereocenters. The molecule has 3 aromatic rings. The first-order valence-corrected chi connectivity index (χ1v) is 9.15. The Hall–Kier alpha value is -1.60. The molecule has 0 aliphatic carbocycles. The minimum Gasteiger partial charge on any atom is -0.507 e. The Morgan fingerprint density at radius 1 is 1.17 bits per heavy atom. The topological polar surface area (TPSA) is 59.2 Å². The van der Waals surface area contributed by atoms with Gasteiger partial charge in [-0.1, -0.05) is 36.2 Å². The number of aryl methyl sites for hydroxylation is 1. The van der Waals surface area contributed by atoms with Crippen LogP contribution in [-0.2, 0) is 6.42 Å². The Balaban J connectivity index is 1.87. The number of rotatable bonds is 5. The summed E-state index contributed by atoms with van der Waals surface area (Å²) < 4.78 is 6.10. The molecule has 4 nitrogen and oxygen atoms in total. The molecule has 0 amide bonds. The van der Waals surface area contributed by atoms with Gasteiger partial charge in [-0.3, -0.25) is 0 Å². The predicted octanol–water partition coefficient (Wildman–Crippen LogP) is 5.71. The molecule has 0 aliphatic rings. The van der Waals surface area contributed by atoms with Crippen molar-refractivity contribution in [1.82, 2.24) is 10.1 Å². The number of phenolic OH excluding ortho intramolecular Hbond substituents is 1. The van der Waals surface area contributed by atoms with Gasteiger partial charge in [0.15, 0.2) is 0 Å². The maximum Gasteiger partial charge on any atom is 0.258 e. The van der Waals surface area contributed by atoms with Crippen molar-refractivity contribution in [3.63, 3.8) is 0 Å². The van der Waals surface area contributed by atoms with E-state index in [9.17, 15) is 5.11 Å². The second kappa shape index (κ2) is 7.53. The van der Waals surface area contributed by atoms with Gasteiger partial charge in [0.1, 0.15) is 5.75 Å². The highest BCUT2D eigenvalue weighted by Crippen LogP contribution is 2.29. The quantitative estimate of drug-likeness (QED) is 0.502. The van der Waals surface area contributed by atoms with Crippen molar-refractivity contribution in [2.45, 2.75) is 26.2 Å². The second-order valence-corrected chi connectivity index (χ2v) is 7.07. The number of halogens is 2. The molecule has 24 heavy (non-hydrogen) atoms. The van der Waals surface area contributed by atoms with Gasteiger partial charge < -0.3 is 9.63 Å². The summed E-state index contributed by atoms with van der Waals surface area (Å²) >= 11 is 8.42. The van der Waals surface area contributed by atoms with E-state index in [-0.39, 0.29) is 5.75 Å². The van der Waals surface area contributed by atoms with E-state index in [0.717, 1.165) is 44.5 Å². The first-order chi connectivity index (χ1) is 11.6. The molecule has 1 N–H and O–H groups in total. The molecule has 124 valence electrons. The molecule has 0 radical (unpaired) electrons. The van der Waals surface area contributed by atoms with Gasteiger partial charge in [-0.15, -0.1) is 0 Å². The van der Waals surface area contributed by atoms with Gasteiger partial charge in [-0.25, -0.2) is 0 Å². The highest BCUT2D eigenvalue weighted by atomic mass is 127. The molecule has 0 aliphatic heterocycles. The summed E-state index contributed by atoms with van der Waals surface area (Å²) in [7, 11) is 0. The molecule has 0 saturated heterocycles. The van der Waals surface area contributed by atoms with E-state index in [2.05, 4.69) is 39.7 Å². The van der Waals surface area contributed by atoms with Gasteiger partial charge in [0, 0.05) is 16.1 Å². The summed E-state index contributed by atoms with van der Waals surface area (Å²) in [4.78, 5) is 4.43. The van der Waals surface area contributed by atoms with Crippen molar-refractivity contribution >= 4 is 34.2 Å². The molecule has 1 aromatic heterocycles. The monoisotopic (exact) mass is 454 g/mol. The van der Waals surface area contributed by atoms with E-state index < -0.39 is 0 Å². The van der Waals surface area contributed by atoms with Crippen molar-refractivity contribution in [1.29, 1.82) is 0 Å². The summed E-state index contributed by atoms with van der Waals surface area (Å²) in [6, 6.07) is 11.0. The van der Waals surface area contributed by atoms with Crippen LogP contribution in [0.3, 0.4) is 0 Å². The fourth-order valence-corrected chi connectivity index (χ4v) is 3.14. The maximum atomic E-state index is 9.61. The zero-order valence-corrected chi connectivity index (χ0v) is 16.0. The van der Waals surface area contributed by atoms with Crippen LogP contribution < -0.4 is 0 Å². The molecule has 0 unspecified atom stereocenters. The Morgan fingerprint density at radius 3 is 2.67 bits per heavy atom. The first kappa shape index (κ1) is 17.2. The largest absolute Gasteiger partial charge is 0.507 e. The standard InChI is InChI=1S/C18H16ClIN2O2/c1-2-3-4-11-5-6-13(9-14(11)19)18-21-17(22-24-18)12-7-8-16(23)15(20)10-12/h5-10,23H,2-4H2,1H3. The lowest BCUT2D eigenvalue weighted by Gasteiger charge is -2.04. The number of aromatic nitrogens is 2. The number of hydrogen-bond donors (Lipinski definition) is 1. The third-order valence-electron chi connectivity index (χ3n) is 3.73. The van der Waals surface area contributed by atoms with Crippen LogP contribution in [0.25, 0.3) is 22.8 Å². The van der Waals surface area contributed by atoms with Crippen molar-refractivity contribution < 1.29 is 9.63 Å². The maximum absolute atomic E-state index is 9.61. The minimum atomic E-state index is 0.234. The SMILES string of the molecule is CCCCc1ccc(-c2nc(-c3ccc(O)c(I)c3)no2)cc1Cl. The lowest BCUT2D eigenvalue weighted by molar-refractivity contribution is 0.432. The summed E-state index contributed by atoms with van der Waals surface area (Å²) in [5, 5.41) is 14.3. The van der Waals surface area contributed by atoms with Crippen LogP contribution in [0.1, 0.15) is 25.3 Å². The molecule has 0 fully saturated rings. The Bertz CT molecular complexity index is 864. The predicted molar refractivity (Wildman–Crippen MR) is 103 cm³/mol. The average molecular weight is 455 g/mol. The smallest absolute Gasteiger partial charge is 0.258 e. The second-order valence-electron chi connectivity index (χ2n) is 5.50. The molecule has 0 bridgehead atoms. The van der Waals surface area contributed by atoms with Crippen LogP contribution in [0.2, 0.25) is 5.02 Å². The van der Waals surface area contributed by atoms with Crippen LogP contribution in [0.4, 0.5) is 0 Å². The number of nitrogens with zero attached hydrogens (tertiary/aromatic N) is 2. The number of hydrogen-bond acceptors (Lipinski definition) is 4. The summed E-state index contributed by atoms with van der Waals surface area (Å²) in [6.45, 7) is 2.16. The van der Waals surface area contributed by atoms with Crippen LogP contribution >= 0.6 is 34.2 Å². The van der Waals surface area contributed by atoms with Gasteiger partial charge in [0.05, 0.1) is 3.57 Å². The fourth-order valence-electron chi connectivity index (χ4n) is 2.35. The van der Waals surface area contributed by atoms with Crippen molar-refractivity contribution in [2.75, 3.05) is 0 Å². The van der Waals surface area contributed by atoms with Crippen LogP contribution in [0.15, 0.2) is 40.9 Å². The number of phenols is 1. The van der Waals surface area contributed by atoms with Crippen molar-refractivity contribution in [3.8, 4) is 28.6 Å². The van der Waals surface area contributed by atoms with Crippen LogP contribution in [0, 0.1) is 3.57 Å². The summed E-state index contributed by atoms with van der Waals surface area (Å²) in [5.74, 6) is 1.14. The Morgan fingerprint density at radius 2 is 1.96 bits per heavy atom. The van der Waals surface area contributed by atoms with E-state index in [1.54, 1.807) is 12.1 Å². The van der Waals surface area contributed by atoms with Crippen LogP contribution in [0.5, 0.6) is 5.75 Å². The van der Waals surface area contributed by atoms with E-state index in [0.29, 0.717) is 11.7 Å². The van der Waals surface area contributed by atoms with Gasteiger partial charge in [0.2, 0.25) is 5.82 Å². The lowest BCUT2D eigenvalue weighted by Crippen LogP contribution is -1.88. The molecule has 1 heterocycles. The molecule has 0 spiro atoms. The average Bonchev–Trinajstić information content (AvgIpc) is 3.06. The molecule has 2 aromatic carbocycles.